The number of aromatic nitrogens is 3. The van der Waals surface area contributed by atoms with Crippen LogP contribution in [0.2, 0.25) is 0 Å². The second-order valence-corrected chi connectivity index (χ2v) is 4.66. The first kappa shape index (κ1) is 10.6. The Hall–Kier alpha value is -1.91. The van der Waals surface area contributed by atoms with Gasteiger partial charge in [0.1, 0.15) is 5.82 Å². The molecule has 1 N–H and O–H groups in total. The largest absolute Gasteiger partial charge is 0.476 e. The molecular formula is C11H13N3O2. The molecule has 0 fully saturated rings. The van der Waals surface area contributed by atoms with E-state index in [4.69, 9.17) is 5.11 Å². The Morgan fingerprint density at radius 2 is 2.12 bits per heavy atom. The highest BCUT2D eigenvalue weighted by atomic mass is 16.4. The van der Waals surface area contributed by atoms with Crippen molar-refractivity contribution < 1.29 is 9.90 Å². The fraction of sp³-hybridized carbons (Fsp3) is 0.364. The quantitative estimate of drug-likeness (QED) is 0.793. The minimum absolute atomic E-state index is 0.0537. The molecule has 0 aliphatic rings. The van der Waals surface area contributed by atoms with Crippen LogP contribution in [0.4, 0.5) is 0 Å². The first-order valence-corrected chi connectivity index (χ1v) is 4.99. The summed E-state index contributed by atoms with van der Waals surface area (Å²) in [6, 6.07) is 3.41. The van der Waals surface area contributed by atoms with Crippen LogP contribution in [0.5, 0.6) is 0 Å². The van der Waals surface area contributed by atoms with Crippen molar-refractivity contribution in [1.82, 2.24) is 14.6 Å². The summed E-state index contributed by atoms with van der Waals surface area (Å²) in [7, 11) is 0. The van der Waals surface area contributed by atoms with Gasteiger partial charge in [0.05, 0.1) is 5.52 Å². The van der Waals surface area contributed by atoms with Crippen LogP contribution in [-0.4, -0.2) is 25.7 Å². The molecule has 0 bridgehead atoms. The summed E-state index contributed by atoms with van der Waals surface area (Å²) >= 11 is 0. The Balaban J connectivity index is 2.82. The van der Waals surface area contributed by atoms with Crippen LogP contribution in [0.3, 0.4) is 0 Å². The Kier molecular flexibility index (Phi) is 2.18. The molecule has 84 valence electrons. The molecule has 0 atom stereocenters. The summed E-state index contributed by atoms with van der Waals surface area (Å²) in [5, 5.41) is 13.2. The monoisotopic (exact) mass is 219 g/mol. The molecule has 0 radical (unpaired) electrons. The summed E-state index contributed by atoms with van der Waals surface area (Å²) in [5.74, 6) is -0.374. The lowest BCUT2D eigenvalue weighted by atomic mass is 9.96. The van der Waals surface area contributed by atoms with Gasteiger partial charge in [-0.1, -0.05) is 20.8 Å². The number of carboxylic acids is 1. The molecule has 0 unspecified atom stereocenters. The van der Waals surface area contributed by atoms with Gasteiger partial charge in [0.2, 0.25) is 0 Å². The number of hydrogen-bond donors (Lipinski definition) is 1. The fourth-order valence-corrected chi connectivity index (χ4v) is 1.57. The van der Waals surface area contributed by atoms with E-state index in [0.717, 1.165) is 0 Å². The maximum absolute atomic E-state index is 11.1. The molecule has 16 heavy (non-hydrogen) atoms. The third kappa shape index (κ3) is 1.54. The van der Waals surface area contributed by atoms with E-state index < -0.39 is 5.97 Å². The van der Waals surface area contributed by atoms with Gasteiger partial charge in [-0.2, -0.15) is 5.10 Å². The van der Waals surface area contributed by atoms with Gasteiger partial charge in [-0.3, -0.25) is 0 Å². The van der Waals surface area contributed by atoms with Crippen LogP contribution in [0, 0.1) is 0 Å². The lowest BCUT2D eigenvalue weighted by molar-refractivity contribution is 0.0693. The fourth-order valence-electron chi connectivity index (χ4n) is 1.57. The predicted molar refractivity (Wildman–Crippen MR) is 58.6 cm³/mol. The third-order valence-electron chi connectivity index (χ3n) is 2.28. The van der Waals surface area contributed by atoms with Gasteiger partial charge in [0, 0.05) is 11.6 Å². The highest BCUT2D eigenvalue weighted by Crippen LogP contribution is 2.23. The van der Waals surface area contributed by atoms with E-state index >= 15 is 0 Å². The van der Waals surface area contributed by atoms with E-state index in [-0.39, 0.29) is 11.1 Å². The molecule has 0 aliphatic carbocycles. The van der Waals surface area contributed by atoms with E-state index in [9.17, 15) is 4.79 Å². The average Bonchev–Trinajstić information content (AvgIpc) is 2.56. The predicted octanol–water partition coefficient (Wildman–Crippen LogP) is 1.72. The summed E-state index contributed by atoms with van der Waals surface area (Å²) in [5.41, 5.74) is 0.336. The third-order valence-corrected chi connectivity index (χ3v) is 2.28. The van der Waals surface area contributed by atoms with E-state index in [2.05, 4.69) is 10.1 Å². The van der Waals surface area contributed by atoms with Crippen LogP contribution < -0.4 is 0 Å². The molecule has 2 aromatic heterocycles. The Bertz CT molecular complexity index is 552. The van der Waals surface area contributed by atoms with Crippen LogP contribution in [0.15, 0.2) is 18.3 Å². The molecule has 2 aromatic rings. The Morgan fingerprint density at radius 3 is 2.69 bits per heavy atom. The smallest absolute Gasteiger partial charge is 0.356 e. The number of nitrogens with zero attached hydrogens (tertiary/aromatic N) is 3. The van der Waals surface area contributed by atoms with Crippen molar-refractivity contribution in [3.8, 4) is 0 Å². The number of hydrogen-bond acceptors (Lipinski definition) is 3. The number of aromatic carboxylic acids is 1. The number of imidazole rings is 1. The highest BCUT2D eigenvalue weighted by Gasteiger charge is 2.25. The molecule has 0 aromatic carbocycles. The summed E-state index contributed by atoms with van der Waals surface area (Å²) in [6.07, 6.45) is 1.62. The van der Waals surface area contributed by atoms with E-state index in [1.807, 2.05) is 20.8 Å². The van der Waals surface area contributed by atoms with Gasteiger partial charge < -0.3 is 5.11 Å². The van der Waals surface area contributed by atoms with Gasteiger partial charge >= 0.3 is 5.97 Å². The van der Waals surface area contributed by atoms with E-state index in [1.54, 1.807) is 22.8 Å². The van der Waals surface area contributed by atoms with Crippen molar-refractivity contribution >= 4 is 11.5 Å². The van der Waals surface area contributed by atoms with Gasteiger partial charge in [-0.05, 0) is 12.1 Å². The van der Waals surface area contributed by atoms with Crippen molar-refractivity contribution in [1.29, 1.82) is 0 Å². The number of fused-ring (bicyclic) bond motifs is 1. The molecule has 2 rings (SSSR count). The molecule has 0 spiro atoms. The van der Waals surface area contributed by atoms with Crippen LogP contribution in [0.1, 0.15) is 37.1 Å². The van der Waals surface area contributed by atoms with Gasteiger partial charge in [0.15, 0.2) is 5.69 Å². The zero-order chi connectivity index (χ0) is 11.9. The molecular weight excluding hydrogens is 206 g/mol. The van der Waals surface area contributed by atoms with Crippen molar-refractivity contribution in [2.75, 3.05) is 0 Å². The maximum atomic E-state index is 11.1. The highest BCUT2D eigenvalue weighted by molar-refractivity contribution is 5.93. The SMILES string of the molecule is CC(C)(C)c1nc(C(=O)O)c2cccnn12. The normalized spacial score (nSPS) is 11.9. The zero-order valence-corrected chi connectivity index (χ0v) is 9.43. The maximum Gasteiger partial charge on any atom is 0.356 e. The second-order valence-electron chi connectivity index (χ2n) is 4.66. The van der Waals surface area contributed by atoms with Crippen molar-refractivity contribution in [3.05, 3.63) is 29.8 Å². The lowest BCUT2D eigenvalue weighted by Crippen LogP contribution is -2.17. The molecule has 0 amide bonds. The van der Waals surface area contributed by atoms with Gasteiger partial charge in [0.25, 0.3) is 0 Å². The Labute approximate surface area is 92.7 Å². The standard InChI is InChI=1S/C11H13N3O2/c1-11(2,3)10-13-8(9(15)16)7-5-4-6-12-14(7)10/h4-6H,1-3H3,(H,15,16). The zero-order valence-electron chi connectivity index (χ0n) is 9.43. The first-order valence-electron chi connectivity index (χ1n) is 4.99. The molecule has 0 aliphatic heterocycles. The first-order chi connectivity index (χ1) is 7.41. The van der Waals surface area contributed by atoms with E-state index in [0.29, 0.717) is 11.3 Å². The van der Waals surface area contributed by atoms with Crippen molar-refractivity contribution in [2.45, 2.75) is 26.2 Å². The lowest BCUT2D eigenvalue weighted by Gasteiger charge is -2.15. The number of carboxylic acid groups (broad SMARTS) is 1. The summed E-state index contributed by atoms with van der Waals surface area (Å²) < 4.78 is 1.59. The molecule has 5 heteroatoms. The molecule has 2 heterocycles. The topological polar surface area (TPSA) is 67.5 Å². The minimum atomic E-state index is -1.03. The van der Waals surface area contributed by atoms with Gasteiger partial charge in [-0.15, -0.1) is 0 Å². The van der Waals surface area contributed by atoms with Crippen molar-refractivity contribution in [2.24, 2.45) is 0 Å². The van der Waals surface area contributed by atoms with Crippen molar-refractivity contribution in [3.63, 3.8) is 0 Å². The second kappa shape index (κ2) is 3.30. The molecule has 0 saturated heterocycles. The van der Waals surface area contributed by atoms with Crippen LogP contribution in [-0.2, 0) is 5.41 Å². The summed E-state index contributed by atoms with van der Waals surface area (Å²) in [4.78, 5) is 15.2. The van der Waals surface area contributed by atoms with E-state index in [1.165, 1.54) is 0 Å². The molecule has 5 nitrogen and oxygen atoms in total. The van der Waals surface area contributed by atoms with Gasteiger partial charge in [-0.25, -0.2) is 14.3 Å². The summed E-state index contributed by atoms with van der Waals surface area (Å²) in [6.45, 7) is 5.92. The van der Waals surface area contributed by atoms with Crippen LogP contribution in [0.25, 0.3) is 5.52 Å². The number of rotatable bonds is 1. The Morgan fingerprint density at radius 1 is 1.44 bits per heavy atom. The minimum Gasteiger partial charge on any atom is -0.476 e. The number of carbonyl (C=O) groups is 1. The molecule has 0 saturated carbocycles. The average molecular weight is 219 g/mol. The van der Waals surface area contributed by atoms with Crippen LogP contribution >= 0.6 is 0 Å².